The topological polar surface area (TPSA) is 32.9 Å². The van der Waals surface area contributed by atoms with Gasteiger partial charge >= 0.3 is 0 Å². The molecule has 0 saturated carbocycles. The van der Waals surface area contributed by atoms with Gasteiger partial charge in [-0.2, -0.15) is 0 Å². The first-order chi connectivity index (χ1) is 8.04. The zero-order valence-corrected chi connectivity index (χ0v) is 9.11. The Balaban J connectivity index is 2.83. The van der Waals surface area contributed by atoms with Gasteiger partial charge in [0.25, 0.3) is 0 Å². The lowest BCUT2D eigenvalue weighted by Gasteiger charge is -2.05. The van der Waals surface area contributed by atoms with Crippen molar-refractivity contribution in [1.82, 2.24) is 4.98 Å². The Bertz CT molecular complexity index is 634. The van der Waals surface area contributed by atoms with E-state index in [4.69, 9.17) is 0 Å². The molecule has 0 saturated heterocycles. The second-order valence-corrected chi connectivity index (χ2v) is 3.82. The minimum absolute atomic E-state index is 0.179. The molecule has 1 aromatic heterocycles. The predicted molar refractivity (Wildman–Crippen MR) is 58.4 cm³/mol. The number of H-pyrrole nitrogens is 1. The molecular formula is C12H10F3NO. The van der Waals surface area contributed by atoms with Crippen molar-refractivity contribution in [2.24, 2.45) is 0 Å². The van der Waals surface area contributed by atoms with Crippen LogP contribution in [-0.2, 0) is 6.42 Å². The first kappa shape index (κ1) is 11.7. The number of aryl methyl sites for hydroxylation is 1. The second kappa shape index (κ2) is 4.24. The number of nitrogens with one attached hydrogen (secondary N) is 1. The molecule has 2 aromatic rings. The summed E-state index contributed by atoms with van der Waals surface area (Å²) < 4.78 is 39.5. The number of rotatable bonds is 2. The summed E-state index contributed by atoms with van der Waals surface area (Å²) in [5, 5.41) is -0.179. The van der Waals surface area contributed by atoms with E-state index >= 15 is 0 Å². The van der Waals surface area contributed by atoms with Gasteiger partial charge in [-0.25, -0.2) is 13.2 Å². The number of pyridine rings is 1. The number of aromatic nitrogens is 1. The van der Waals surface area contributed by atoms with Crippen LogP contribution in [0.15, 0.2) is 16.9 Å². The van der Waals surface area contributed by atoms with Gasteiger partial charge in [0.05, 0.1) is 10.9 Å². The fourth-order valence-electron chi connectivity index (χ4n) is 1.75. The molecule has 0 atom stereocenters. The van der Waals surface area contributed by atoms with Crippen LogP contribution in [0.1, 0.15) is 19.0 Å². The molecule has 2 rings (SSSR count). The maximum Gasteiger partial charge on any atom is 0.196 e. The highest BCUT2D eigenvalue weighted by atomic mass is 19.2. The van der Waals surface area contributed by atoms with Crippen LogP contribution in [0.25, 0.3) is 10.9 Å². The molecule has 17 heavy (non-hydrogen) atoms. The van der Waals surface area contributed by atoms with Gasteiger partial charge in [-0.3, -0.25) is 4.79 Å². The van der Waals surface area contributed by atoms with Crippen molar-refractivity contribution in [3.05, 3.63) is 45.5 Å². The minimum atomic E-state index is -1.57. The van der Waals surface area contributed by atoms with E-state index in [-0.39, 0.29) is 10.9 Å². The molecule has 90 valence electrons. The van der Waals surface area contributed by atoms with Crippen molar-refractivity contribution in [2.75, 3.05) is 0 Å². The molecule has 2 nitrogen and oxygen atoms in total. The lowest BCUT2D eigenvalue weighted by Crippen LogP contribution is -2.08. The Kier molecular flexibility index (Phi) is 2.92. The summed E-state index contributed by atoms with van der Waals surface area (Å²) in [7, 11) is 0. The average Bonchev–Trinajstić information content (AvgIpc) is 2.29. The van der Waals surface area contributed by atoms with Crippen molar-refractivity contribution in [3.8, 4) is 0 Å². The highest BCUT2D eigenvalue weighted by Gasteiger charge is 2.16. The van der Waals surface area contributed by atoms with Crippen LogP contribution in [0, 0.1) is 17.5 Å². The van der Waals surface area contributed by atoms with Crippen molar-refractivity contribution < 1.29 is 13.2 Å². The number of hydrogen-bond acceptors (Lipinski definition) is 1. The molecule has 0 radical (unpaired) electrons. The van der Waals surface area contributed by atoms with E-state index in [0.717, 1.165) is 6.42 Å². The predicted octanol–water partition coefficient (Wildman–Crippen LogP) is 2.90. The molecule has 0 fully saturated rings. The third kappa shape index (κ3) is 1.92. The third-order valence-electron chi connectivity index (χ3n) is 2.54. The summed E-state index contributed by atoms with van der Waals surface area (Å²) in [6.45, 7) is 1.89. The Morgan fingerprint density at radius 2 is 1.88 bits per heavy atom. The van der Waals surface area contributed by atoms with Crippen LogP contribution in [0.5, 0.6) is 0 Å². The molecule has 0 bridgehead atoms. The summed E-state index contributed by atoms with van der Waals surface area (Å²) in [6.07, 6.45) is 1.30. The first-order valence-corrected chi connectivity index (χ1v) is 5.24. The highest BCUT2D eigenvalue weighted by molar-refractivity contribution is 5.79. The SMILES string of the molecule is CCCc1cc(=O)c2cc(F)c(F)c(F)c2[nH]1. The van der Waals surface area contributed by atoms with Gasteiger partial charge in [-0.1, -0.05) is 13.3 Å². The van der Waals surface area contributed by atoms with Crippen LogP contribution in [0.2, 0.25) is 0 Å². The molecule has 0 aliphatic heterocycles. The molecule has 0 unspecified atom stereocenters. The number of fused-ring (bicyclic) bond motifs is 1. The van der Waals surface area contributed by atoms with Crippen LogP contribution in [0.3, 0.4) is 0 Å². The third-order valence-corrected chi connectivity index (χ3v) is 2.54. The van der Waals surface area contributed by atoms with Crippen LogP contribution >= 0.6 is 0 Å². The van der Waals surface area contributed by atoms with Gasteiger partial charge in [0.1, 0.15) is 0 Å². The largest absolute Gasteiger partial charge is 0.356 e. The van der Waals surface area contributed by atoms with Crippen LogP contribution < -0.4 is 5.43 Å². The molecule has 0 amide bonds. The first-order valence-electron chi connectivity index (χ1n) is 5.24. The quantitative estimate of drug-likeness (QED) is 0.806. The molecule has 1 heterocycles. The van der Waals surface area contributed by atoms with E-state index in [1.54, 1.807) is 0 Å². The Morgan fingerprint density at radius 3 is 2.53 bits per heavy atom. The summed E-state index contributed by atoms with van der Waals surface area (Å²) >= 11 is 0. The van der Waals surface area contributed by atoms with Gasteiger partial charge < -0.3 is 4.98 Å². The zero-order valence-electron chi connectivity index (χ0n) is 9.11. The number of hydrogen-bond donors (Lipinski definition) is 1. The minimum Gasteiger partial charge on any atom is -0.356 e. The number of halogens is 3. The second-order valence-electron chi connectivity index (χ2n) is 3.82. The average molecular weight is 241 g/mol. The highest BCUT2D eigenvalue weighted by Crippen LogP contribution is 2.19. The molecule has 1 N–H and O–H groups in total. The smallest absolute Gasteiger partial charge is 0.196 e. The molecule has 5 heteroatoms. The monoisotopic (exact) mass is 241 g/mol. The molecule has 0 aliphatic carbocycles. The Hall–Kier alpha value is -1.78. The summed E-state index contributed by atoms with van der Waals surface area (Å²) in [6, 6.07) is 1.99. The van der Waals surface area contributed by atoms with Crippen molar-refractivity contribution in [1.29, 1.82) is 0 Å². The van der Waals surface area contributed by atoms with Gasteiger partial charge in [0, 0.05) is 11.8 Å². The fourth-order valence-corrected chi connectivity index (χ4v) is 1.75. The van der Waals surface area contributed by atoms with Crippen molar-refractivity contribution in [3.63, 3.8) is 0 Å². The van der Waals surface area contributed by atoms with Gasteiger partial charge in [-0.05, 0) is 12.5 Å². The molecule has 0 aliphatic rings. The number of aromatic amines is 1. The summed E-state index contributed by atoms with van der Waals surface area (Å²) in [4.78, 5) is 14.2. The van der Waals surface area contributed by atoms with Gasteiger partial charge in [0.2, 0.25) is 0 Å². The van der Waals surface area contributed by atoms with Crippen molar-refractivity contribution in [2.45, 2.75) is 19.8 Å². The van der Waals surface area contributed by atoms with Crippen molar-refractivity contribution >= 4 is 10.9 Å². The standard InChI is InChI=1S/C12H10F3NO/c1-2-3-6-4-9(17)7-5-8(13)10(14)11(15)12(7)16-6/h4-5H,2-3H2,1H3,(H,16,17). The van der Waals surface area contributed by atoms with Gasteiger partial charge in [-0.15, -0.1) is 0 Å². The Labute approximate surface area is 95.1 Å². The molecular weight excluding hydrogens is 231 g/mol. The van der Waals surface area contributed by atoms with Crippen LogP contribution in [-0.4, -0.2) is 4.98 Å². The summed E-state index contributed by atoms with van der Waals surface area (Å²) in [5.41, 5.74) is -0.283. The summed E-state index contributed by atoms with van der Waals surface area (Å²) in [5.74, 6) is -4.28. The van der Waals surface area contributed by atoms with E-state index in [2.05, 4.69) is 4.98 Å². The van der Waals surface area contributed by atoms with Gasteiger partial charge in [0.15, 0.2) is 22.9 Å². The van der Waals surface area contributed by atoms with E-state index < -0.39 is 22.9 Å². The van der Waals surface area contributed by atoms with E-state index in [0.29, 0.717) is 18.2 Å². The van der Waals surface area contributed by atoms with E-state index in [1.807, 2.05) is 6.92 Å². The number of benzene rings is 1. The Morgan fingerprint density at radius 1 is 1.18 bits per heavy atom. The fraction of sp³-hybridized carbons (Fsp3) is 0.250. The maximum absolute atomic E-state index is 13.5. The lowest BCUT2D eigenvalue weighted by atomic mass is 10.1. The maximum atomic E-state index is 13.5. The van der Waals surface area contributed by atoms with Crippen LogP contribution in [0.4, 0.5) is 13.2 Å². The molecule has 1 aromatic carbocycles. The van der Waals surface area contributed by atoms with E-state index in [9.17, 15) is 18.0 Å². The van der Waals surface area contributed by atoms with E-state index in [1.165, 1.54) is 6.07 Å². The lowest BCUT2D eigenvalue weighted by molar-refractivity contribution is 0.452. The molecule has 0 spiro atoms. The zero-order chi connectivity index (χ0) is 12.6. The normalized spacial score (nSPS) is 11.1.